The fourth-order valence-electron chi connectivity index (χ4n) is 1.79. The van der Waals surface area contributed by atoms with Gasteiger partial charge in [-0.05, 0) is 18.6 Å². The highest BCUT2D eigenvalue weighted by molar-refractivity contribution is 5.89. The van der Waals surface area contributed by atoms with Crippen LogP contribution in [0, 0.1) is 0 Å². The Kier molecular flexibility index (Phi) is 4.12. The Bertz CT molecular complexity index is 363. The fraction of sp³-hybridized carbons (Fsp3) is 0.462. The number of carbonyl (C=O) groups excluding carboxylic acids is 1. The summed E-state index contributed by atoms with van der Waals surface area (Å²) >= 11 is 0. The van der Waals surface area contributed by atoms with Crippen molar-refractivity contribution in [2.24, 2.45) is 0 Å². The Hall–Kier alpha value is -1.39. The van der Waals surface area contributed by atoms with Crippen LogP contribution in [0.4, 0.5) is 0 Å². The van der Waals surface area contributed by atoms with E-state index in [1.165, 1.54) is 0 Å². The van der Waals surface area contributed by atoms with Crippen LogP contribution in [0.2, 0.25) is 0 Å². The van der Waals surface area contributed by atoms with E-state index in [0.29, 0.717) is 5.56 Å². The SMILES string of the molecule is COC1CCC(COC(=O)c2ccccc2)O1. The van der Waals surface area contributed by atoms with E-state index < -0.39 is 0 Å². The minimum atomic E-state index is -0.310. The summed E-state index contributed by atoms with van der Waals surface area (Å²) < 4.78 is 15.8. The lowest BCUT2D eigenvalue weighted by atomic mass is 10.2. The maximum absolute atomic E-state index is 11.6. The number of carbonyl (C=O) groups is 1. The molecule has 0 bridgehead atoms. The number of hydrogen-bond donors (Lipinski definition) is 0. The number of benzene rings is 1. The van der Waals surface area contributed by atoms with Crippen LogP contribution in [0.3, 0.4) is 0 Å². The molecule has 0 N–H and O–H groups in total. The van der Waals surface area contributed by atoms with Crippen LogP contribution in [0.5, 0.6) is 0 Å². The molecule has 1 aliphatic heterocycles. The largest absolute Gasteiger partial charge is 0.459 e. The van der Waals surface area contributed by atoms with E-state index in [4.69, 9.17) is 14.2 Å². The number of esters is 1. The quantitative estimate of drug-likeness (QED) is 0.750. The molecule has 1 aliphatic rings. The molecule has 2 atom stereocenters. The summed E-state index contributed by atoms with van der Waals surface area (Å²) in [6.45, 7) is 0.285. The molecule has 1 fully saturated rings. The monoisotopic (exact) mass is 236 g/mol. The van der Waals surface area contributed by atoms with Gasteiger partial charge in [0, 0.05) is 13.5 Å². The average Bonchev–Trinajstić information content (AvgIpc) is 2.85. The predicted octanol–water partition coefficient (Wildman–Crippen LogP) is 1.99. The van der Waals surface area contributed by atoms with Crippen molar-refractivity contribution in [3.63, 3.8) is 0 Å². The van der Waals surface area contributed by atoms with Gasteiger partial charge in [0.25, 0.3) is 0 Å². The summed E-state index contributed by atoms with van der Waals surface area (Å²) in [6.07, 6.45) is 1.51. The summed E-state index contributed by atoms with van der Waals surface area (Å²) in [6, 6.07) is 8.94. The van der Waals surface area contributed by atoms with Gasteiger partial charge in [0.05, 0.1) is 11.7 Å². The third-order valence-electron chi connectivity index (χ3n) is 2.74. The van der Waals surface area contributed by atoms with Crippen LogP contribution in [-0.2, 0) is 14.2 Å². The van der Waals surface area contributed by atoms with E-state index in [9.17, 15) is 4.79 Å². The fourth-order valence-corrected chi connectivity index (χ4v) is 1.79. The summed E-state index contributed by atoms with van der Waals surface area (Å²) in [5.41, 5.74) is 0.564. The first-order chi connectivity index (χ1) is 8.29. The summed E-state index contributed by atoms with van der Waals surface area (Å²) in [5.74, 6) is -0.310. The zero-order chi connectivity index (χ0) is 12.1. The van der Waals surface area contributed by atoms with Crippen molar-refractivity contribution in [2.45, 2.75) is 25.2 Å². The summed E-state index contributed by atoms with van der Waals surface area (Å²) in [5, 5.41) is 0. The van der Waals surface area contributed by atoms with Crippen molar-refractivity contribution in [3.8, 4) is 0 Å². The number of ether oxygens (including phenoxy) is 3. The molecule has 0 aromatic heterocycles. The van der Waals surface area contributed by atoms with Gasteiger partial charge in [-0.3, -0.25) is 0 Å². The molecule has 2 rings (SSSR count). The molecular formula is C13H16O4. The van der Waals surface area contributed by atoms with Gasteiger partial charge in [0.2, 0.25) is 0 Å². The van der Waals surface area contributed by atoms with Gasteiger partial charge in [-0.25, -0.2) is 4.79 Å². The second-order valence-electron chi connectivity index (χ2n) is 3.97. The van der Waals surface area contributed by atoms with Gasteiger partial charge in [-0.1, -0.05) is 18.2 Å². The highest BCUT2D eigenvalue weighted by Crippen LogP contribution is 2.20. The van der Waals surface area contributed by atoms with E-state index in [1.54, 1.807) is 19.2 Å². The maximum atomic E-state index is 11.6. The van der Waals surface area contributed by atoms with Crippen LogP contribution < -0.4 is 0 Å². The van der Waals surface area contributed by atoms with Gasteiger partial charge in [-0.2, -0.15) is 0 Å². The Morgan fingerprint density at radius 2 is 2.12 bits per heavy atom. The first-order valence-corrected chi connectivity index (χ1v) is 5.70. The van der Waals surface area contributed by atoms with Crippen molar-refractivity contribution >= 4 is 5.97 Å². The van der Waals surface area contributed by atoms with Gasteiger partial charge in [0.1, 0.15) is 6.61 Å². The van der Waals surface area contributed by atoms with Crippen molar-refractivity contribution in [1.82, 2.24) is 0 Å². The van der Waals surface area contributed by atoms with Gasteiger partial charge in [-0.15, -0.1) is 0 Å². The predicted molar refractivity (Wildman–Crippen MR) is 61.6 cm³/mol. The molecule has 2 unspecified atom stereocenters. The standard InChI is InChI=1S/C13H16O4/c1-15-12-8-7-11(17-12)9-16-13(14)10-5-3-2-4-6-10/h2-6,11-12H,7-9H2,1H3. The van der Waals surface area contributed by atoms with Gasteiger partial charge < -0.3 is 14.2 Å². The zero-order valence-corrected chi connectivity index (χ0v) is 9.80. The normalized spacial score (nSPS) is 23.6. The van der Waals surface area contributed by atoms with E-state index in [0.717, 1.165) is 12.8 Å². The van der Waals surface area contributed by atoms with E-state index in [1.807, 2.05) is 18.2 Å². The van der Waals surface area contributed by atoms with Crippen molar-refractivity contribution in [1.29, 1.82) is 0 Å². The van der Waals surface area contributed by atoms with Crippen molar-refractivity contribution in [2.75, 3.05) is 13.7 Å². The second kappa shape index (κ2) is 5.80. The third-order valence-corrected chi connectivity index (χ3v) is 2.74. The lowest BCUT2D eigenvalue weighted by Gasteiger charge is -2.12. The highest BCUT2D eigenvalue weighted by atomic mass is 16.7. The molecule has 0 saturated carbocycles. The van der Waals surface area contributed by atoms with E-state index in [2.05, 4.69) is 0 Å². The smallest absolute Gasteiger partial charge is 0.338 e. The zero-order valence-electron chi connectivity index (χ0n) is 9.80. The Balaban J connectivity index is 1.78. The first kappa shape index (κ1) is 12.1. The Morgan fingerprint density at radius 3 is 2.76 bits per heavy atom. The second-order valence-corrected chi connectivity index (χ2v) is 3.97. The molecule has 1 saturated heterocycles. The summed E-state index contributed by atoms with van der Waals surface area (Å²) in [4.78, 5) is 11.6. The van der Waals surface area contributed by atoms with Crippen LogP contribution in [0.1, 0.15) is 23.2 Å². The van der Waals surface area contributed by atoms with Crippen LogP contribution in [0.25, 0.3) is 0 Å². The Labute approximate surface area is 100 Å². The molecule has 4 nitrogen and oxygen atoms in total. The number of methoxy groups -OCH3 is 1. The Morgan fingerprint density at radius 1 is 1.35 bits per heavy atom. The molecule has 1 aromatic rings. The number of hydrogen-bond acceptors (Lipinski definition) is 4. The van der Waals surface area contributed by atoms with Crippen LogP contribution >= 0.6 is 0 Å². The highest BCUT2D eigenvalue weighted by Gasteiger charge is 2.26. The molecule has 92 valence electrons. The molecule has 4 heteroatoms. The number of rotatable bonds is 4. The molecule has 0 spiro atoms. The average molecular weight is 236 g/mol. The molecular weight excluding hydrogens is 220 g/mol. The van der Waals surface area contributed by atoms with Crippen molar-refractivity contribution in [3.05, 3.63) is 35.9 Å². The van der Waals surface area contributed by atoms with Gasteiger partial charge >= 0.3 is 5.97 Å². The summed E-state index contributed by atoms with van der Waals surface area (Å²) in [7, 11) is 1.61. The molecule has 1 heterocycles. The lowest BCUT2D eigenvalue weighted by molar-refractivity contribution is -0.123. The molecule has 17 heavy (non-hydrogen) atoms. The van der Waals surface area contributed by atoms with Crippen LogP contribution in [0.15, 0.2) is 30.3 Å². The van der Waals surface area contributed by atoms with Gasteiger partial charge in [0.15, 0.2) is 6.29 Å². The maximum Gasteiger partial charge on any atom is 0.338 e. The molecule has 0 amide bonds. The van der Waals surface area contributed by atoms with Crippen LogP contribution in [-0.4, -0.2) is 32.1 Å². The third kappa shape index (κ3) is 3.28. The van der Waals surface area contributed by atoms with E-state index >= 15 is 0 Å². The first-order valence-electron chi connectivity index (χ1n) is 5.70. The minimum Gasteiger partial charge on any atom is -0.459 e. The molecule has 0 radical (unpaired) electrons. The topological polar surface area (TPSA) is 44.8 Å². The molecule has 1 aromatic carbocycles. The van der Waals surface area contributed by atoms with E-state index in [-0.39, 0.29) is 25.0 Å². The lowest BCUT2D eigenvalue weighted by Crippen LogP contribution is -2.20. The van der Waals surface area contributed by atoms with Crippen molar-refractivity contribution < 1.29 is 19.0 Å². The molecule has 0 aliphatic carbocycles. The minimum absolute atomic E-state index is 0.0485.